The molecule has 0 aliphatic carbocycles. The molecule has 0 atom stereocenters. The fourth-order valence-corrected chi connectivity index (χ4v) is 2.63. The number of anilines is 2. The van der Waals surface area contributed by atoms with Gasteiger partial charge in [0.1, 0.15) is 0 Å². The minimum absolute atomic E-state index is 0.0624. The maximum absolute atomic E-state index is 11.9. The van der Waals surface area contributed by atoms with Crippen molar-refractivity contribution in [1.29, 1.82) is 0 Å². The standard InChI is InChI=1S/C21H23ClN2O4/c1-2-15-6-3-4-7-18(15)24-20(26)14-28-21(27)9-5-8-19(25)23-17-12-10-16(22)11-13-17/h3-4,6-7,10-13H,2,5,8-9,14H2,1H3,(H,23,25)(H,24,26). The van der Waals surface area contributed by atoms with E-state index in [9.17, 15) is 14.4 Å². The zero-order valence-corrected chi connectivity index (χ0v) is 16.4. The smallest absolute Gasteiger partial charge is 0.306 e. The monoisotopic (exact) mass is 402 g/mol. The zero-order chi connectivity index (χ0) is 20.4. The van der Waals surface area contributed by atoms with E-state index in [4.69, 9.17) is 16.3 Å². The van der Waals surface area contributed by atoms with Crippen LogP contribution in [0.1, 0.15) is 31.7 Å². The molecule has 28 heavy (non-hydrogen) atoms. The molecule has 0 aromatic heterocycles. The fourth-order valence-electron chi connectivity index (χ4n) is 2.51. The predicted molar refractivity (Wildman–Crippen MR) is 109 cm³/mol. The average Bonchev–Trinajstić information content (AvgIpc) is 2.68. The summed E-state index contributed by atoms with van der Waals surface area (Å²) in [6.07, 6.45) is 1.35. The first-order chi connectivity index (χ1) is 13.5. The maximum Gasteiger partial charge on any atom is 0.306 e. The van der Waals surface area contributed by atoms with Crippen LogP contribution in [0.5, 0.6) is 0 Å². The number of para-hydroxylation sites is 1. The third kappa shape index (κ3) is 7.40. The van der Waals surface area contributed by atoms with Crippen molar-refractivity contribution in [2.75, 3.05) is 17.2 Å². The predicted octanol–water partition coefficient (Wildman–Crippen LogP) is 4.19. The van der Waals surface area contributed by atoms with Crippen molar-refractivity contribution < 1.29 is 19.1 Å². The lowest BCUT2D eigenvalue weighted by Crippen LogP contribution is -2.21. The molecule has 0 aliphatic rings. The average molecular weight is 403 g/mol. The van der Waals surface area contributed by atoms with Crippen molar-refractivity contribution in [2.45, 2.75) is 32.6 Å². The van der Waals surface area contributed by atoms with E-state index in [1.54, 1.807) is 30.3 Å². The Morgan fingerprint density at radius 1 is 0.929 bits per heavy atom. The second-order valence-electron chi connectivity index (χ2n) is 6.13. The molecule has 0 radical (unpaired) electrons. The second-order valence-corrected chi connectivity index (χ2v) is 6.56. The number of aryl methyl sites for hydroxylation is 1. The van der Waals surface area contributed by atoms with Crippen molar-refractivity contribution >= 4 is 40.8 Å². The molecule has 0 aliphatic heterocycles. The summed E-state index contributed by atoms with van der Waals surface area (Å²) in [5.41, 5.74) is 2.36. The van der Waals surface area contributed by atoms with Gasteiger partial charge in [0.15, 0.2) is 6.61 Å². The molecule has 2 aromatic carbocycles. The Morgan fingerprint density at radius 2 is 1.64 bits per heavy atom. The Balaban J connectivity index is 1.64. The minimum Gasteiger partial charge on any atom is -0.456 e. The first kappa shape index (κ1) is 21.4. The van der Waals surface area contributed by atoms with E-state index >= 15 is 0 Å². The van der Waals surface area contributed by atoms with Crippen LogP contribution in [0.25, 0.3) is 0 Å². The molecule has 148 valence electrons. The van der Waals surface area contributed by atoms with E-state index < -0.39 is 11.9 Å². The number of rotatable bonds is 9. The number of hydrogen-bond acceptors (Lipinski definition) is 4. The molecular formula is C21H23ClN2O4. The quantitative estimate of drug-likeness (QED) is 0.616. The minimum atomic E-state index is -0.516. The highest BCUT2D eigenvalue weighted by atomic mass is 35.5. The van der Waals surface area contributed by atoms with Crippen LogP contribution in [-0.4, -0.2) is 24.4 Å². The van der Waals surface area contributed by atoms with Gasteiger partial charge in [-0.25, -0.2) is 0 Å². The number of hydrogen-bond donors (Lipinski definition) is 2. The normalized spacial score (nSPS) is 10.2. The maximum atomic E-state index is 11.9. The van der Waals surface area contributed by atoms with Crippen LogP contribution in [0.2, 0.25) is 5.02 Å². The summed E-state index contributed by atoms with van der Waals surface area (Å²) in [7, 11) is 0. The van der Waals surface area contributed by atoms with Crippen LogP contribution in [0, 0.1) is 0 Å². The number of benzene rings is 2. The summed E-state index contributed by atoms with van der Waals surface area (Å²) in [6.45, 7) is 1.64. The van der Waals surface area contributed by atoms with Gasteiger partial charge in [-0.2, -0.15) is 0 Å². The lowest BCUT2D eigenvalue weighted by Gasteiger charge is -2.10. The summed E-state index contributed by atoms with van der Waals surface area (Å²) in [6, 6.07) is 14.2. The molecular weight excluding hydrogens is 380 g/mol. The van der Waals surface area contributed by atoms with Gasteiger partial charge in [0, 0.05) is 29.2 Å². The van der Waals surface area contributed by atoms with Gasteiger partial charge in [0.25, 0.3) is 5.91 Å². The topological polar surface area (TPSA) is 84.5 Å². The van der Waals surface area contributed by atoms with Gasteiger partial charge in [-0.15, -0.1) is 0 Å². The summed E-state index contributed by atoms with van der Waals surface area (Å²) in [5.74, 6) is -1.11. The Bertz CT molecular complexity index is 821. The van der Waals surface area contributed by atoms with Gasteiger partial charge < -0.3 is 15.4 Å². The Kier molecular flexibility index (Phi) is 8.49. The summed E-state index contributed by atoms with van der Waals surface area (Å²) in [4.78, 5) is 35.5. The lowest BCUT2D eigenvalue weighted by atomic mass is 10.1. The van der Waals surface area contributed by atoms with Crippen LogP contribution >= 0.6 is 11.6 Å². The van der Waals surface area contributed by atoms with Gasteiger partial charge in [-0.3, -0.25) is 14.4 Å². The molecule has 0 saturated carbocycles. The summed E-state index contributed by atoms with van der Waals surface area (Å²) >= 11 is 5.79. The van der Waals surface area contributed by atoms with Crippen molar-refractivity contribution in [2.24, 2.45) is 0 Å². The number of carbonyl (C=O) groups excluding carboxylic acids is 3. The molecule has 0 fully saturated rings. The fraction of sp³-hybridized carbons (Fsp3) is 0.286. The third-order valence-electron chi connectivity index (χ3n) is 3.95. The molecule has 2 amide bonds. The van der Waals surface area contributed by atoms with Gasteiger partial charge in [0.05, 0.1) is 0 Å². The van der Waals surface area contributed by atoms with Crippen LogP contribution in [0.3, 0.4) is 0 Å². The molecule has 7 heteroatoms. The number of ether oxygens (including phenoxy) is 1. The van der Waals surface area contributed by atoms with Crippen molar-refractivity contribution in [3.63, 3.8) is 0 Å². The van der Waals surface area contributed by atoms with Crippen LogP contribution in [0.4, 0.5) is 11.4 Å². The molecule has 2 aromatic rings. The van der Waals surface area contributed by atoms with Crippen molar-refractivity contribution in [1.82, 2.24) is 0 Å². The Morgan fingerprint density at radius 3 is 2.36 bits per heavy atom. The lowest BCUT2D eigenvalue weighted by molar-refractivity contribution is -0.147. The van der Waals surface area contributed by atoms with E-state index in [2.05, 4.69) is 10.6 Å². The highest BCUT2D eigenvalue weighted by Crippen LogP contribution is 2.15. The number of carbonyl (C=O) groups is 3. The van der Waals surface area contributed by atoms with Gasteiger partial charge >= 0.3 is 5.97 Å². The zero-order valence-electron chi connectivity index (χ0n) is 15.7. The molecule has 0 saturated heterocycles. The van der Waals surface area contributed by atoms with E-state index in [-0.39, 0.29) is 25.4 Å². The van der Waals surface area contributed by atoms with E-state index in [1.165, 1.54) is 0 Å². The van der Waals surface area contributed by atoms with Crippen molar-refractivity contribution in [3.8, 4) is 0 Å². The number of esters is 1. The Labute approximate surface area is 169 Å². The third-order valence-corrected chi connectivity index (χ3v) is 4.20. The van der Waals surface area contributed by atoms with Crippen molar-refractivity contribution in [3.05, 3.63) is 59.1 Å². The highest BCUT2D eigenvalue weighted by Gasteiger charge is 2.10. The van der Waals surface area contributed by atoms with Crippen LogP contribution in [-0.2, 0) is 25.5 Å². The van der Waals surface area contributed by atoms with Gasteiger partial charge in [0.2, 0.25) is 5.91 Å². The molecule has 2 N–H and O–H groups in total. The summed E-state index contributed by atoms with van der Waals surface area (Å²) in [5, 5.41) is 6.04. The van der Waals surface area contributed by atoms with E-state index in [1.807, 2.05) is 25.1 Å². The van der Waals surface area contributed by atoms with Gasteiger partial charge in [-0.1, -0.05) is 36.7 Å². The Hall–Kier alpha value is -2.86. The van der Waals surface area contributed by atoms with Crippen LogP contribution in [0.15, 0.2) is 48.5 Å². The number of amides is 2. The molecule has 2 rings (SSSR count). The first-order valence-electron chi connectivity index (χ1n) is 9.06. The van der Waals surface area contributed by atoms with Crippen LogP contribution < -0.4 is 10.6 Å². The van der Waals surface area contributed by atoms with E-state index in [0.717, 1.165) is 12.0 Å². The highest BCUT2D eigenvalue weighted by molar-refractivity contribution is 6.30. The summed E-state index contributed by atoms with van der Waals surface area (Å²) < 4.78 is 4.97. The second kappa shape index (κ2) is 11.1. The number of halogens is 1. The molecule has 0 bridgehead atoms. The molecule has 0 heterocycles. The molecule has 6 nitrogen and oxygen atoms in total. The van der Waals surface area contributed by atoms with E-state index in [0.29, 0.717) is 22.8 Å². The number of nitrogens with one attached hydrogen (secondary N) is 2. The first-order valence-corrected chi connectivity index (χ1v) is 9.44. The van der Waals surface area contributed by atoms with Gasteiger partial charge in [-0.05, 0) is 48.7 Å². The SMILES string of the molecule is CCc1ccccc1NC(=O)COC(=O)CCCC(=O)Nc1ccc(Cl)cc1. The molecule has 0 spiro atoms. The largest absolute Gasteiger partial charge is 0.456 e. The molecule has 0 unspecified atom stereocenters.